The molecule has 3 rings (SSSR count). The van der Waals surface area contributed by atoms with Gasteiger partial charge in [0.1, 0.15) is 12.1 Å². The molecule has 1 aliphatic rings. The average molecular weight is 319 g/mol. The summed E-state index contributed by atoms with van der Waals surface area (Å²) in [5.74, 6) is -0.0869. The van der Waals surface area contributed by atoms with E-state index < -0.39 is 35.5 Å². The third-order valence-electron chi connectivity index (χ3n) is 3.70. The predicted octanol–water partition coefficient (Wildman–Crippen LogP) is -0.388. The molecule has 0 unspecified atom stereocenters. The Labute approximate surface area is 128 Å². The maximum atomic E-state index is 12.0. The Hall–Kier alpha value is -2.88. The van der Waals surface area contributed by atoms with E-state index in [0.717, 1.165) is 10.6 Å². The minimum absolute atomic E-state index is 0.350. The van der Waals surface area contributed by atoms with E-state index in [-0.39, 0.29) is 6.61 Å². The number of hydrogen-bond donors (Lipinski definition) is 3. The molecule has 0 amide bonds. The van der Waals surface area contributed by atoms with Crippen LogP contribution in [0.25, 0.3) is 10.4 Å². The number of H-pyrrole nitrogens is 2. The van der Waals surface area contributed by atoms with Crippen molar-refractivity contribution in [2.24, 2.45) is 5.11 Å². The highest BCUT2D eigenvalue weighted by atomic mass is 16.5. The van der Waals surface area contributed by atoms with Crippen LogP contribution >= 0.6 is 0 Å². The van der Waals surface area contributed by atoms with E-state index in [0.29, 0.717) is 5.82 Å². The van der Waals surface area contributed by atoms with Gasteiger partial charge in [-0.3, -0.25) is 14.3 Å². The molecule has 3 heterocycles. The molecule has 4 atom stereocenters. The first kappa shape index (κ1) is 15.0. The van der Waals surface area contributed by atoms with Crippen molar-refractivity contribution in [2.75, 3.05) is 6.61 Å². The van der Waals surface area contributed by atoms with Crippen LogP contribution in [0.4, 0.5) is 0 Å². The van der Waals surface area contributed by atoms with Crippen LogP contribution in [0.1, 0.15) is 18.0 Å². The third-order valence-corrected chi connectivity index (χ3v) is 3.70. The summed E-state index contributed by atoms with van der Waals surface area (Å²) >= 11 is 0. The Morgan fingerprint density at radius 3 is 2.96 bits per heavy atom. The molecule has 11 nitrogen and oxygen atoms in total. The smallest absolute Gasteiger partial charge is 0.330 e. The number of nitrogens with one attached hydrogen (secondary N) is 2. The Morgan fingerprint density at radius 2 is 2.35 bits per heavy atom. The lowest BCUT2D eigenvalue weighted by molar-refractivity contribution is -0.0306. The van der Waals surface area contributed by atoms with Crippen molar-refractivity contribution < 1.29 is 9.84 Å². The summed E-state index contributed by atoms with van der Waals surface area (Å²) in [5, 5.41) is 13.3. The van der Waals surface area contributed by atoms with Crippen molar-refractivity contribution >= 4 is 0 Å². The Morgan fingerprint density at radius 1 is 1.52 bits per heavy atom. The van der Waals surface area contributed by atoms with Gasteiger partial charge in [-0.2, -0.15) is 0 Å². The fraction of sp³-hybridized carbons (Fsp3) is 0.417. The van der Waals surface area contributed by atoms with Gasteiger partial charge < -0.3 is 14.8 Å². The predicted molar refractivity (Wildman–Crippen MR) is 76.6 cm³/mol. The Bertz CT molecular complexity index is 836. The number of aromatic nitrogens is 4. The largest absolute Gasteiger partial charge is 0.394 e. The number of rotatable bonds is 4. The average Bonchev–Trinajstić information content (AvgIpc) is 3.15. The second-order valence-corrected chi connectivity index (χ2v) is 4.96. The summed E-state index contributed by atoms with van der Waals surface area (Å²) in [5.41, 5.74) is 7.60. The lowest BCUT2D eigenvalue weighted by atomic mass is 9.95. The van der Waals surface area contributed by atoms with Gasteiger partial charge in [0.15, 0.2) is 0 Å². The summed E-state index contributed by atoms with van der Waals surface area (Å²) < 4.78 is 6.80. The molecular formula is C12H13N7O4. The molecule has 2 aromatic heterocycles. The van der Waals surface area contributed by atoms with E-state index in [1.54, 1.807) is 6.20 Å². The Kier molecular flexibility index (Phi) is 3.98. The van der Waals surface area contributed by atoms with Gasteiger partial charge in [-0.05, 0) is 5.53 Å². The van der Waals surface area contributed by atoms with Crippen LogP contribution in [-0.2, 0) is 4.74 Å². The number of aromatic amines is 2. The SMILES string of the molecule is [N-]=[N+]=N[C@@H]1[C@H](c2ncc[nH]2)[C@@H](CO)O[C@H]1n1ccc(=O)[nH]c1=O. The molecule has 11 heteroatoms. The van der Waals surface area contributed by atoms with E-state index in [1.165, 1.54) is 12.4 Å². The van der Waals surface area contributed by atoms with Gasteiger partial charge in [0.2, 0.25) is 0 Å². The topological polar surface area (TPSA) is 162 Å². The van der Waals surface area contributed by atoms with Gasteiger partial charge in [0, 0.05) is 29.6 Å². The number of ether oxygens (including phenoxy) is 1. The molecule has 0 aliphatic carbocycles. The minimum Gasteiger partial charge on any atom is -0.394 e. The fourth-order valence-corrected chi connectivity index (χ4v) is 2.74. The summed E-state index contributed by atoms with van der Waals surface area (Å²) in [6.45, 7) is -0.350. The van der Waals surface area contributed by atoms with Gasteiger partial charge in [-0.1, -0.05) is 5.11 Å². The van der Waals surface area contributed by atoms with Gasteiger partial charge >= 0.3 is 5.69 Å². The second-order valence-electron chi connectivity index (χ2n) is 4.96. The third kappa shape index (κ3) is 2.63. The van der Waals surface area contributed by atoms with Crippen LogP contribution in [0.5, 0.6) is 0 Å². The summed E-state index contributed by atoms with van der Waals surface area (Å²) in [6, 6.07) is 0.332. The molecule has 1 fully saturated rings. The van der Waals surface area contributed by atoms with E-state index in [4.69, 9.17) is 10.3 Å². The number of nitrogens with zero attached hydrogens (tertiary/aromatic N) is 5. The van der Waals surface area contributed by atoms with Crippen LogP contribution in [0, 0.1) is 0 Å². The summed E-state index contributed by atoms with van der Waals surface area (Å²) in [7, 11) is 0. The van der Waals surface area contributed by atoms with Crippen LogP contribution in [0.15, 0.2) is 39.4 Å². The molecule has 0 saturated carbocycles. The van der Waals surface area contributed by atoms with Crippen LogP contribution < -0.4 is 11.2 Å². The lowest BCUT2D eigenvalue weighted by Crippen LogP contribution is -2.35. The van der Waals surface area contributed by atoms with Crippen LogP contribution in [0.2, 0.25) is 0 Å². The molecule has 0 aromatic carbocycles. The number of azide groups is 1. The minimum atomic E-state index is -0.970. The molecular weight excluding hydrogens is 306 g/mol. The summed E-state index contributed by atoms with van der Waals surface area (Å²) in [4.78, 5) is 35.1. The molecule has 0 bridgehead atoms. The van der Waals surface area contributed by atoms with Gasteiger partial charge in [-0.15, -0.1) is 0 Å². The quantitative estimate of drug-likeness (QED) is 0.396. The van der Waals surface area contributed by atoms with Crippen molar-refractivity contribution in [1.82, 2.24) is 19.5 Å². The maximum Gasteiger partial charge on any atom is 0.330 e. The molecule has 120 valence electrons. The molecule has 23 heavy (non-hydrogen) atoms. The molecule has 3 N–H and O–H groups in total. The zero-order chi connectivity index (χ0) is 16.4. The molecule has 1 aliphatic heterocycles. The summed E-state index contributed by atoms with van der Waals surface area (Å²) in [6.07, 6.45) is 2.68. The highest BCUT2D eigenvalue weighted by Gasteiger charge is 2.47. The van der Waals surface area contributed by atoms with E-state index in [9.17, 15) is 14.7 Å². The van der Waals surface area contributed by atoms with E-state index >= 15 is 0 Å². The fourth-order valence-electron chi connectivity index (χ4n) is 2.74. The van der Waals surface area contributed by atoms with Crippen LogP contribution in [-0.4, -0.2) is 43.4 Å². The maximum absolute atomic E-state index is 12.0. The van der Waals surface area contributed by atoms with Gasteiger partial charge in [0.25, 0.3) is 5.56 Å². The lowest BCUT2D eigenvalue weighted by Gasteiger charge is -2.18. The van der Waals surface area contributed by atoms with Crippen molar-refractivity contribution in [3.63, 3.8) is 0 Å². The van der Waals surface area contributed by atoms with E-state index in [1.807, 2.05) is 0 Å². The monoisotopic (exact) mass is 319 g/mol. The number of aliphatic hydroxyl groups is 1. The first-order valence-corrected chi connectivity index (χ1v) is 6.77. The van der Waals surface area contributed by atoms with Gasteiger partial charge in [-0.25, -0.2) is 9.78 Å². The zero-order valence-corrected chi connectivity index (χ0v) is 11.7. The van der Waals surface area contributed by atoms with Crippen molar-refractivity contribution in [2.45, 2.75) is 24.3 Å². The molecule has 0 radical (unpaired) electrons. The molecule has 1 saturated heterocycles. The normalized spacial score (nSPS) is 26.8. The van der Waals surface area contributed by atoms with Crippen molar-refractivity contribution in [1.29, 1.82) is 0 Å². The van der Waals surface area contributed by atoms with Crippen molar-refractivity contribution in [3.05, 3.63) is 61.8 Å². The number of aliphatic hydroxyl groups excluding tert-OH is 1. The standard InChI is InChI=1S/C12H13N7O4/c13-18-17-9-8(10-14-2-3-15-10)6(5-20)23-11(9)19-4-1-7(21)16-12(19)22/h1-4,6,8-9,11,20H,5H2,(H,14,15)(H,16,21,22)/t6-,8-,9-,11-/m1/s1. The first-order valence-electron chi connectivity index (χ1n) is 6.77. The highest BCUT2D eigenvalue weighted by Crippen LogP contribution is 2.40. The second kappa shape index (κ2) is 6.08. The molecule has 0 spiro atoms. The number of imidazole rings is 1. The van der Waals surface area contributed by atoms with Gasteiger partial charge in [0.05, 0.1) is 24.7 Å². The first-order chi connectivity index (χ1) is 11.2. The van der Waals surface area contributed by atoms with E-state index in [2.05, 4.69) is 25.0 Å². The zero-order valence-electron chi connectivity index (χ0n) is 11.7. The molecule has 2 aromatic rings. The number of hydrogen-bond acceptors (Lipinski definition) is 6. The van der Waals surface area contributed by atoms with Crippen LogP contribution in [0.3, 0.4) is 0 Å². The highest BCUT2D eigenvalue weighted by molar-refractivity contribution is 5.11. The Balaban J connectivity index is 2.08. The van der Waals surface area contributed by atoms with Crippen molar-refractivity contribution in [3.8, 4) is 0 Å².